The first-order chi connectivity index (χ1) is 3.72. The van der Waals surface area contributed by atoms with Gasteiger partial charge in [0.2, 0.25) is 17.8 Å². The van der Waals surface area contributed by atoms with E-state index in [0.717, 1.165) is 0 Å². The maximum atomic E-state index is 8.42. The Labute approximate surface area is 44.6 Å². The SMILES string of the molecule is Oc1[c]oc(O)c1O. The first kappa shape index (κ1) is 4.83. The van der Waals surface area contributed by atoms with Gasteiger partial charge in [0, 0.05) is 0 Å². The molecule has 3 N–H and O–H groups in total. The zero-order valence-corrected chi connectivity index (χ0v) is 3.75. The van der Waals surface area contributed by atoms with Crippen LogP contribution in [0.5, 0.6) is 17.4 Å². The largest absolute Gasteiger partial charge is 0.501 e. The fourth-order valence-corrected chi connectivity index (χ4v) is 0.295. The van der Waals surface area contributed by atoms with Crippen LogP contribution < -0.4 is 0 Å². The topological polar surface area (TPSA) is 73.8 Å². The number of aromatic hydroxyl groups is 3. The molecule has 1 aromatic rings. The van der Waals surface area contributed by atoms with E-state index >= 15 is 0 Å². The molecule has 0 aliphatic carbocycles. The van der Waals surface area contributed by atoms with Crippen LogP contribution >= 0.6 is 0 Å². The quantitative estimate of drug-likeness (QED) is 0.451. The van der Waals surface area contributed by atoms with Gasteiger partial charge in [-0.3, -0.25) is 0 Å². The highest BCUT2D eigenvalue weighted by Gasteiger charge is 2.09. The first-order valence-electron chi connectivity index (χ1n) is 1.83. The van der Waals surface area contributed by atoms with Crippen LogP contribution in [0.15, 0.2) is 4.42 Å². The van der Waals surface area contributed by atoms with Gasteiger partial charge in [-0.1, -0.05) is 0 Å². The van der Waals surface area contributed by atoms with Gasteiger partial charge < -0.3 is 19.7 Å². The molecule has 0 aliphatic rings. The third-order valence-corrected chi connectivity index (χ3v) is 0.671. The smallest absolute Gasteiger partial charge is 0.330 e. The third kappa shape index (κ3) is 0.465. The third-order valence-electron chi connectivity index (χ3n) is 0.671. The molecular weight excluding hydrogens is 112 g/mol. The lowest BCUT2D eigenvalue weighted by Crippen LogP contribution is -1.55. The van der Waals surface area contributed by atoms with Gasteiger partial charge in [0.15, 0.2) is 0 Å². The van der Waals surface area contributed by atoms with E-state index < -0.39 is 17.4 Å². The van der Waals surface area contributed by atoms with Crippen molar-refractivity contribution in [1.82, 2.24) is 0 Å². The molecule has 1 heterocycles. The van der Waals surface area contributed by atoms with Crippen LogP contribution in [0.2, 0.25) is 0 Å². The summed E-state index contributed by atoms with van der Waals surface area (Å²) < 4.78 is 4.03. The van der Waals surface area contributed by atoms with Crippen molar-refractivity contribution in [3.63, 3.8) is 0 Å². The lowest BCUT2D eigenvalue weighted by Gasteiger charge is -1.80. The molecule has 0 saturated carbocycles. The maximum Gasteiger partial charge on any atom is 0.330 e. The summed E-state index contributed by atoms with van der Waals surface area (Å²) in [7, 11) is 0. The van der Waals surface area contributed by atoms with E-state index in [1.807, 2.05) is 6.26 Å². The van der Waals surface area contributed by atoms with Crippen LogP contribution in [0.1, 0.15) is 0 Å². The van der Waals surface area contributed by atoms with Crippen LogP contribution in [-0.2, 0) is 0 Å². The molecule has 0 unspecified atom stereocenters. The van der Waals surface area contributed by atoms with Gasteiger partial charge in [0.1, 0.15) is 0 Å². The Bertz CT molecular complexity index is 170. The summed E-state index contributed by atoms with van der Waals surface area (Å²) in [5.74, 6) is -1.98. The molecule has 0 spiro atoms. The van der Waals surface area contributed by atoms with Crippen LogP contribution in [0.25, 0.3) is 0 Å². The molecule has 1 rings (SSSR count). The summed E-state index contributed by atoms with van der Waals surface area (Å²) >= 11 is 0. The van der Waals surface area contributed by atoms with Gasteiger partial charge in [0.25, 0.3) is 0 Å². The van der Waals surface area contributed by atoms with Gasteiger partial charge in [-0.2, -0.15) is 0 Å². The van der Waals surface area contributed by atoms with E-state index in [9.17, 15) is 0 Å². The number of hydrogen-bond donors (Lipinski definition) is 3. The molecule has 8 heavy (non-hydrogen) atoms. The van der Waals surface area contributed by atoms with Crippen LogP contribution in [0.3, 0.4) is 0 Å². The van der Waals surface area contributed by atoms with E-state index in [-0.39, 0.29) is 0 Å². The Morgan fingerprint density at radius 2 is 1.88 bits per heavy atom. The minimum atomic E-state index is -0.720. The Balaban J connectivity index is 3.19. The minimum Gasteiger partial charge on any atom is -0.501 e. The van der Waals surface area contributed by atoms with Crippen molar-refractivity contribution in [1.29, 1.82) is 0 Å². The Hall–Kier alpha value is -1.32. The summed E-state index contributed by atoms with van der Waals surface area (Å²) in [5, 5.41) is 25.1. The second-order valence-electron chi connectivity index (χ2n) is 1.21. The normalized spacial score (nSPS) is 9.50. The summed E-state index contributed by atoms with van der Waals surface area (Å²) in [5.41, 5.74) is 0. The standard InChI is InChI=1S/C4H3O4/c5-2-1-8-4(7)3(2)6/h5-7H. The van der Waals surface area contributed by atoms with E-state index in [4.69, 9.17) is 15.3 Å². The summed E-state index contributed by atoms with van der Waals surface area (Å²) in [6.45, 7) is 0. The number of rotatable bonds is 0. The van der Waals surface area contributed by atoms with Gasteiger partial charge in [-0.25, -0.2) is 0 Å². The molecule has 0 atom stereocenters. The van der Waals surface area contributed by atoms with Crippen molar-refractivity contribution >= 4 is 0 Å². The van der Waals surface area contributed by atoms with Gasteiger partial charge in [-0.15, -0.1) is 0 Å². The lowest BCUT2D eigenvalue weighted by molar-refractivity contribution is 0.304. The molecule has 0 fully saturated rings. The number of hydrogen-bond acceptors (Lipinski definition) is 4. The predicted octanol–water partition coefficient (Wildman–Crippen LogP) is 0.197. The van der Waals surface area contributed by atoms with Crippen molar-refractivity contribution < 1.29 is 19.7 Å². The molecule has 43 valence electrons. The second kappa shape index (κ2) is 1.33. The van der Waals surface area contributed by atoms with Crippen molar-refractivity contribution in [3.05, 3.63) is 6.26 Å². The first-order valence-corrected chi connectivity index (χ1v) is 1.83. The molecule has 0 amide bonds. The highest BCUT2D eigenvalue weighted by atomic mass is 16.5. The molecule has 1 aromatic heterocycles. The van der Waals surface area contributed by atoms with Crippen LogP contribution in [-0.4, -0.2) is 15.3 Å². The monoisotopic (exact) mass is 115 g/mol. The fourth-order valence-electron chi connectivity index (χ4n) is 0.295. The van der Waals surface area contributed by atoms with Gasteiger partial charge >= 0.3 is 5.95 Å². The van der Waals surface area contributed by atoms with Crippen molar-refractivity contribution in [3.8, 4) is 17.4 Å². The second-order valence-corrected chi connectivity index (χ2v) is 1.21. The zero-order chi connectivity index (χ0) is 6.15. The molecule has 0 aromatic carbocycles. The van der Waals surface area contributed by atoms with Gasteiger partial charge in [0.05, 0.1) is 0 Å². The van der Waals surface area contributed by atoms with E-state index in [1.54, 1.807) is 0 Å². The molecule has 0 saturated heterocycles. The molecule has 4 nitrogen and oxygen atoms in total. The Morgan fingerprint density at radius 3 is 2.00 bits per heavy atom. The summed E-state index contributed by atoms with van der Waals surface area (Å²) in [6, 6.07) is 0. The van der Waals surface area contributed by atoms with Gasteiger partial charge in [-0.05, 0) is 0 Å². The zero-order valence-electron chi connectivity index (χ0n) is 3.75. The lowest BCUT2D eigenvalue weighted by atomic mass is 10.5. The van der Waals surface area contributed by atoms with Crippen LogP contribution in [0.4, 0.5) is 0 Å². The van der Waals surface area contributed by atoms with Crippen molar-refractivity contribution in [2.75, 3.05) is 0 Å². The molecule has 4 heteroatoms. The van der Waals surface area contributed by atoms with E-state index in [1.165, 1.54) is 0 Å². The summed E-state index contributed by atoms with van der Waals surface area (Å²) in [4.78, 5) is 0. The summed E-state index contributed by atoms with van der Waals surface area (Å²) in [6.07, 6.45) is 1.82. The molecular formula is C4H3O4. The molecule has 0 bridgehead atoms. The Kier molecular flexibility index (Phi) is 0.802. The van der Waals surface area contributed by atoms with Crippen LogP contribution in [0, 0.1) is 6.26 Å². The average molecular weight is 115 g/mol. The predicted molar refractivity (Wildman–Crippen MR) is 22.5 cm³/mol. The Morgan fingerprint density at radius 1 is 1.25 bits per heavy atom. The van der Waals surface area contributed by atoms with E-state index in [2.05, 4.69) is 4.42 Å². The highest BCUT2D eigenvalue weighted by Crippen LogP contribution is 2.34. The fraction of sp³-hybridized carbons (Fsp3) is 0. The minimum absolute atomic E-state index is 0.581. The molecule has 0 aliphatic heterocycles. The maximum absolute atomic E-state index is 8.42. The average Bonchev–Trinajstić information content (AvgIpc) is 1.98. The molecule has 1 radical (unpaired) electrons. The van der Waals surface area contributed by atoms with E-state index in [0.29, 0.717) is 0 Å². The number of furan rings is 1. The highest BCUT2D eigenvalue weighted by molar-refractivity contribution is 5.40. The van der Waals surface area contributed by atoms with Crippen molar-refractivity contribution in [2.24, 2.45) is 0 Å². The van der Waals surface area contributed by atoms with Crippen molar-refractivity contribution in [2.45, 2.75) is 0 Å².